The molecule has 2 bridgehead atoms. The highest BCUT2D eigenvalue weighted by molar-refractivity contribution is 5.12. The third-order valence-electron chi connectivity index (χ3n) is 3.00. The Labute approximate surface area is 61.8 Å². The first-order valence-corrected chi connectivity index (χ1v) is 4.13. The van der Waals surface area contributed by atoms with Gasteiger partial charge in [0.15, 0.2) is 0 Å². The summed E-state index contributed by atoms with van der Waals surface area (Å²) in [4.78, 5) is 0. The number of hydrogen-bond acceptors (Lipinski definition) is 1. The van der Waals surface area contributed by atoms with Crippen molar-refractivity contribution < 1.29 is 5.11 Å². The molecule has 1 N–H and O–H groups in total. The first-order valence-electron chi connectivity index (χ1n) is 4.13. The minimum atomic E-state index is -0.0556. The Hall–Kier alpha value is -0.300. The van der Waals surface area contributed by atoms with Gasteiger partial charge in [-0.1, -0.05) is 12.2 Å². The van der Waals surface area contributed by atoms with E-state index in [1.165, 1.54) is 24.8 Å². The molecule has 56 valence electrons. The Balaban J connectivity index is 2.18. The van der Waals surface area contributed by atoms with E-state index in [1.54, 1.807) is 0 Å². The van der Waals surface area contributed by atoms with Crippen molar-refractivity contribution in [1.29, 1.82) is 0 Å². The lowest BCUT2D eigenvalue weighted by Gasteiger charge is -2.41. The van der Waals surface area contributed by atoms with Crippen LogP contribution < -0.4 is 0 Å². The van der Waals surface area contributed by atoms with Crippen LogP contribution in [0.1, 0.15) is 25.7 Å². The highest BCUT2D eigenvalue weighted by Crippen LogP contribution is 2.43. The molecule has 0 aromatic carbocycles. The molecule has 3 fully saturated rings. The van der Waals surface area contributed by atoms with E-state index in [0.29, 0.717) is 5.92 Å². The molecule has 1 heteroatoms. The second-order valence-corrected chi connectivity index (χ2v) is 3.72. The largest absolute Gasteiger partial charge is 0.392 e. The first kappa shape index (κ1) is 6.41. The quantitative estimate of drug-likeness (QED) is 0.505. The lowest BCUT2D eigenvalue weighted by Crippen LogP contribution is -2.36. The molecule has 0 saturated heterocycles. The standard InChI is InChI=1S/C9H14O/c1-6-4-7-2-3-8(6)9(10)5-7/h7-10H,1-5H2/t7-,8+,9+/m1/s1. The molecule has 0 aromatic rings. The van der Waals surface area contributed by atoms with Crippen LogP contribution in [0.3, 0.4) is 0 Å². The maximum Gasteiger partial charge on any atom is 0.0608 e. The van der Waals surface area contributed by atoms with Gasteiger partial charge in [0.05, 0.1) is 6.10 Å². The van der Waals surface area contributed by atoms with Gasteiger partial charge in [0.1, 0.15) is 0 Å². The van der Waals surface area contributed by atoms with Gasteiger partial charge < -0.3 is 5.11 Å². The van der Waals surface area contributed by atoms with Crippen LogP contribution in [0.25, 0.3) is 0 Å². The smallest absolute Gasteiger partial charge is 0.0608 e. The maximum absolute atomic E-state index is 9.51. The molecule has 3 atom stereocenters. The normalized spacial score (nSPS) is 46.1. The van der Waals surface area contributed by atoms with Crippen molar-refractivity contribution in [2.24, 2.45) is 11.8 Å². The second kappa shape index (κ2) is 2.09. The molecule has 0 heterocycles. The van der Waals surface area contributed by atoms with Gasteiger partial charge >= 0.3 is 0 Å². The number of aliphatic hydroxyl groups is 1. The lowest BCUT2D eigenvalue weighted by atomic mass is 9.67. The van der Waals surface area contributed by atoms with E-state index in [1.807, 2.05) is 0 Å². The predicted octanol–water partition coefficient (Wildman–Crippen LogP) is 1.72. The fourth-order valence-electron chi connectivity index (χ4n) is 2.42. The zero-order chi connectivity index (χ0) is 7.14. The topological polar surface area (TPSA) is 20.2 Å². The van der Waals surface area contributed by atoms with Gasteiger partial charge in [-0.05, 0) is 31.6 Å². The third-order valence-corrected chi connectivity index (χ3v) is 3.00. The summed E-state index contributed by atoms with van der Waals surface area (Å²) >= 11 is 0. The molecule has 0 unspecified atom stereocenters. The average molecular weight is 138 g/mol. The summed E-state index contributed by atoms with van der Waals surface area (Å²) in [5.74, 6) is 1.21. The summed E-state index contributed by atoms with van der Waals surface area (Å²) < 4.78 is 0. The van der Waals surface area contributed by atoms with E-state index in [-0.39, 0.29) is 6.10 Å². The van der Waals surface area contributed by atoms with Crippen LogP contribution in [0.5, 0.6) is 0 Å². The van der Waals surface area contributed by atoms with Crippen LogP contribution in [0.4, 0.5) is 0 Å². The number of aliphatic hydroxyl groups excluding tert-OH is 1. The minimum absolute atomic E-state index is 0.0556. The van der Waals surface area contributed by atoms with E-state index < -0.39 is 0 Å². The molecule has 0 amide bonds. The van der Waals surface area contributed by atoms with Crippen molar-refractivity contribution in [3.05, 3.63) is 12.2 Å². The third kappa shape index (κ3) is 0.807. The maximum atomic E-state index is 9.51. The SMILES string of the molecule is C=C1C[C@H]2CC[C@@H]1[C@@H](O)C2. The Kier molecular flexibility index (Phi) is 1.34. The van der Waals surface area contributed by atoms with Crippen molar-refractivity contribution in [3.63, 3.8) is 0 Å². The van der Waals surface area contributed by atoms with E-state index in [9.17, 15) is 5.11 Å². The summed E-state index contributed by atoms with van der Waals surface area (Å²) in [5.41, 5.74) is 1.30. The predicted molar refractivity (Wildman–Crippen MR) is 40.6 cm³/mol. The van der Waals surface area contributed by atoms with Crippen LogP contribution in [-0.2, 0) is 0 Å². The Morgan fingerprint density at radius 1 is 1.40 bits per heavy atom. The highest BCUT2D eigenvalue weighted by Gasteiger charge is 2.36. The molecular weight excluding hydrogens is 124 g/mol. The lowest BCUT2D eigenvalue weighted by molar-refractivity contribution is 0.0352. The van der Waals surface area contributed by atoms with Crippen LogP contribution in [0, 0.1) is 11.8 Å². The van der Waals surface area contributed by atoms with Crippen molar-refractivity contribution in [2.75, 3.05) is 0 Å². The van der Waals surface area contributed by atoms with Gasteiger partial charge in [-0.15, -0.1) is 0 Å². The van der Waals surface area contributed by atoms with Gasteiger partial charge in [0, 0.05) is 5.92 Å². The monoisotopic (exact) mass is 138 g/mol. The van der Waals surface area contributed by atoms with Crippen LogP contribution in [0.2, 0.25) is 0 Å². The first-order chi connectivity index (χ1) is 4.77. The molecule has 3 rings (SSSR count). The van der Waals surface area contributed by atoms with Gasteiger partial charge in [0.2, 0.25) is 0 Å². The fraction of sp³-hybridized carbons (Fsp3) is 0.778. The van der Waals surface area contributed by atoms with Gasteiger partial charge in [-0.3, -0.25) is 0 Å². The van der Waals surface area contributed by atoms with E-state index in [0.717, 1.165) is 12.3 Å². The van der Waals surface area contributed by atoms with Gasteiger partial charge in [-0.25, -0.2) is 0 Å². The average Bonchev–Trinajstić information content (AvgIpc) is 1.86. The summed E-state index contributed by atoms with van der Waals surface area (Å²) in [7, 11) is 0. The van der Waals surface area contributed by atoms with E-state index in [2.05, 4.69) is 6.58 Å². The molecule has 3 aliphatic carbocycles. The molecule has 0 radical (unpaired) electrons. The Bertz CT molecular complexity index is 162. The molecule has 3 saturated carbocycles. The van der Waals surface area contributed by atoms with Crippen molar-refractivity contribution >= 4 is 0 Å². The van der Waals surface area contributed by atoms with E-state index in [4.69, 9.17) is 0 Å². The molecule has 1 nitrogen and oxygen atoms in total. The summed E-state index contributed by atoms with van der Waals surface area (Å²) in [6, 6.07) is 0. The molecule has 3 aliphatic rings. The Morgan fingerprint density at radius 2 is 2.20 bits per heavy atom. The Morgan fingerprint density at radius 3 is 2.60 bits per heavy atom. The molecule has 10 heavy (non-hydrogen) atoms. The molecule has 0 aromatic heterocycles. The van der Waals surface area contributed by atoms with Crippen LogP contribution in [0.15, 0.2) is 12.2 Å². The van der Waals surface area contributed by atoms with Crippen molar-refractivity contribution in [1.82, 2.24) is 0 Å². The molecule has 0 spiro atoms. The molecular formula is C9H14O. The zero-order valence-corrected chi connectivity index (χ0v) is 6.21. The van der Waals surface area contributed by atoms with E-state index >= 15 is 0 Å². The summed E-state index contributed by atoms with van der Waals surface area (Å²) in [5, 5.41) is 9.51. The number of hydrogen-bond donors (Lipinski definition) is 1. The zero-order valence-electron chi connectivity index (χ0n) is 6.21. The highest BCUT2D eigenvalue weighted by atomic mass is 16.3. The van der Waals surface area contributed by atoms with Crippen LogP contribution >= 0.6 is 0 Å². The minimum Gasteiger partial charge on any atom is -0.392 e. The fourth-order valence-corrected chi connectivity index (χ4v) is 2.42. The summed E-state index contributed by atoms with van der Waals surface area (Å²) in [6.07, 6.45) is 4.66. The van der Waals surface area contributed by atoms with Crippen molar-refractivity contribution in [3.8, 4) is 0 Å². The second-order valence-electron chi connectivity index (χ2n) is 3.72. The van der Waals surface area contributed by atoms with Crippen molar-refractivity contribution in [2.45, 2.75) is 31.8 Å². The van der Waals surface area contributed by atoms with Gasteiger partial charge in [0.25, 0.3) is 0 Å². The number of rotatable bonds is 0. The van der Waals surface area contributed by atoms with Gasteiger partial charge in [-0.2, -0.15) is 0 Å². The number of fused-ring (bicyclic) bond motifs is 3. The summed E-state index contributed by atoms with van der Waals surface area (Å²) in [6.45, 7) is 3.99. The van der Waals surface area contributed by atoms with Crippen LogP contribution in [-0.4, -0.2) is 11.2 Å². The molecule has 0 aliphatic heterocycles.